The van der Waals surface area contributed by atoms with Gasteiger partial charge in [0.05, 0.1) is 6.10 Å². The van der Waals surface area contributed by atoms with Gasteiger partial charge in [-0.3, -0.25) is 4.90 Å². The Hall–Kier alpha value is -0.0800. The quantitative estimate of drug-likeness (QED) is 0.742. The molecule has 2 heteroatoms. The van der Waals surface area contributed by atoms with Crippen LogP contribution >= 0.6 is 0 Å². The van der Waals surface area contributed by atoms with E-state index in [9.17, 15) is 5.11 Å². The first kappa shape index (κ1) is 12.4. The summed E-state index contributed by atoms with van der Waals surface area (Å²) in [6.45, 7) is 8.22. The number of aliphatic hydroxyl groups is 1. The van der Waals surface area contributed by atoms with Gasteiger partial charge in [0.15, 0.2) is 0 Å². The van der Waals surface area contributed by atoms with Crippen molar-refractivity contribution in [3.05, 3.63) is 0 Å². The Labute approximate surface area is 100 Å². The van der Waals surface area contributed by atoms with Crippen molar-refractivity contribution in [2.24, 2.45) is 5.41 Å². The van der Waals surface area contributed by atoms with E-state index in [-0.39, 0.29) is 6.10 Å². The van der Waals surface area contributed by atoms with E-state index < -0.39 is 0 Å². The van der Waals surface area contributed by atoms with Crippen LogP contribution in [0.25, 0.3) is 0 Å². The van der Waals surface area contributed by atoms with E-state index in [1.54, 1.807) is 0 Å². The smallest absolute Gasteiger partial charge is 0.0695 e. The lowest BCUT2D eigenvalue weighted by atomic mass is 9.73. The summed E-state index contributed by atoms with van der Waals surface area (Å²) in [4.78, 5) is 2.58. The zero-order valence-corrected chi connectivity index (χ0v) is 11.1. The Morgan fingerprint density at radius 2 is 1.94 bits per heavy atom. The second-order valence-electron chi connectivity index (χ2n) is 6.62. The lowest BCUT2D eigenvalue weighted by Crippen LogP contribution is -2.53. The predicted octanol–water partition coefficient (Wildman–Crippen LogP) is 2.80. The molecular weight excluding hydrogens is 198 g/mol. The van der Waals surface area contributed by atoms with Gasteiger partial charge in [-0.2, -0.15) is 0 Å². The molecule has 0 radical (unpaired) electrons. The number of hydrogen-bond donors (Lipinski definition) is 1. The Morgan fingerprint density at radius 3 is 2.62 bits per heavy atom. The second-order valence-corrected chi connectivity index (χ2v) is 6.62. The molecule has 3 unspecified atom stereocenters. The van der Waals surface area contributed by atoms with Gasteiger partial charge in [-0.15, -0.1) is 0 Å². The summed E-state index contributed by atoms with van der Waals surface area (Å²) in [7, 11) is 0. The van der Waals surface area contributed by atoms with Gasteiger partial charge in [0.2, 0.25) is 0 Å². The summed E-state index contributed by atoms with van der Waals surface area (Å²) in [6.07, 6.45) is 7.22. The van der Waals surface area contributed by atoms with Gasteiger partial charge < -0.3 is 5.11 Å². The minimum Gasteiger partial charge on any atom is -0.391 e. The van der Waals surface area contributed by atoms with E-state index >= 15 is 0 Å². The minimum absolute atomic E-state index is 0.0893. The fourth-order valence-corrected chi connectivity index (χ4v) is 3.49. The molecule has 1 saturated carbocycles. The summed E-state index contributed by atoms with van der Waals surface area (Å²) in [5, 5.41) is 10.2. The lowest BCUT2D eigenvalue weighted by Gasteiger charge is -2.47. The number of piperidine rings is 1. The summed E-state index contributed by atoms with van der Waals surface area (Å²) >= 11 is 0. The molecule has 3 atom stereocenters. The molecule has 16 heavy (non-hydrogen) atoms. The maximum absolute atomic E-state index is 10.2. The number of likely N-dealkylation sites (tertiary alicyclic amines) is 1. The van der Waals surface area contributed by atoms with Crippen molar-refractivity contribution in [1.82, 2.24) is 4.90 Å². The third-order valence-electron chi connectivity index (χ3n) is 4.60. The molecule has 2 nitrogen and oxygen atoms in total. The highest BCUT2D eigenvalue weighted by Gasteiger charge is 2.39. The fraction of sp³-hybridized carbons (Fsp3) is 1.00. The van der Waals surface area contributed by atoms with Crippen LogP contribution in [0.4, 0.5) is 0 Å². The highest BCUT2D eigenvalue weighted by Crippen LogP contribution is 2.39. The molecule has 2 fully saturated rings. The molecule has 2 rings (SSSR count). The van der Waals surface area contributed by atoms with E-state index in [2.05, 4.69) is 25.7 Å². The van der Waals surface area contributed by atoms with E-state index in [0.717, 1.165) is 6.42 Å². The van der Waals surface area contributed by atoms with Crippen LogP contribution in [0.3, 0.4) is 0 Å². The van der Waals surface area contributed by atoms with E-state index in [1.165, 1.54) is 38.6 Å². The Morgan fingerprint density at radius 1 is 1.19 bits per heavy atom. The van der Waals surface area contributed by atoms with Crippen LogP contribution in [-0.2, 0) is 0 Å². The first-order valence-electron chi connectivity index (χ1n) is 6.93. The molecule has 1 N–H and O–H groups in total. The molecule has 2 aliphatic rings. The molecule has 94 valence electrons. The third kappa shape index (κ3) is 2.60. The van der Waals surface area contributed by atoms with Gasteiger partial charge in [0, 0.05) is 12.1 Å². The average molecular weight is 225 g/mol. The Kier molecular flexibility index (Phi) is 3.60. The van der Waals surface area contributed by atoms with Crippen molar-refractivity contribution in [3.63, 3.8) is 0 Å². The topological polar surface area (TPSA) is 23.5 Å². The maximum Gasteiger partial charge on any atom is 0.0695 e. The summed E-state index contributed by atoms with van der Waals surface area (Å²) < 4.78 is 0. The standard InChI is InChI=1S/C14H27NO/c1-11-6-4-5-9-15(11)12-10-14(2,3)8-7-13(12)16/h11-13,16H,4-10H2,1-3H3. The van der Waals surface area contributed by atoms with Crippen LogP contribution in [0, 0.1) is 5.41 Å². The van der Waals surface area contributed by atoms with Crippen LogP contribution in [0.15, 0.2) is 0 Å². The normalized spacial score (nSPS) is 40.9. The van der Waals surface area contributed by atoms with Crippen molar-refractivity contribution in [2.75, 3.05) is 6.54 Å². The molecule has 1 aliphatic carbocycles. The molecule has 0 amide bonds. The maximum atomic E-state index is 10.2. The van der Waals surface area contributed by atoms with Crippen molar-refractivity contribution in [3.8, 4) is 0 Å². The Bertz CT molecular complexity index is 239. The molecule has 0 aromatic heterocycles. The van der Waals surface area contributed by atoms with Crippen LogP contribution < -0.4 is 0 Å². The number of hydrogen-bond acceptors (Lipinski definition) is 2. The fourth-order valence-electron chi connectivity index (χ4n) is 3.49. The molecule has 0 aromatic rings. The molecule has 1 saturated heterocycles. The zero-order chi connectivity index (χ0) is 11.8. The first-order chi connectivity index (χ1) is 7.49. The van der Waals surface area contributed by atoms with Gasteiger partial charge in [0.25, 0.3) is 0 Å². The number of rotatable bonds is 1. The summed E-state index contributed by atoms with van der Waals surface area (Å²) in [5.41, 5.74) is 0.418. The SMILES string of the molecule is CC1CCCCN1C1CC(C)(C)CCC1O. The van der Waals surface area contributed by atoms with Gasteiger partial charge >= 0.3 is 0 Å². The molecule has 0 bridgehead atoms. The van der Waals surface area contributed by atoms with Crippen molar-refractivity contribution in [1.29, 1.82) is 0 Å². The largest absolute Gasteiger partial charge is 0.391 e. The minimum atomic E-state index is -0.0893. The van der Waals surface area contributed by atoms with Gasteiger partial charge in [-0.1, -0.05) is 20.3 Å². The third-order valence-corrected chi connectivity index (χ3v) is 4.60. The zero-order valence-electron chi connectivity index (χ0n) is 11.1. The monoisotopic (exact) mass is 225 g/mol. The van der Waals surface area contributed by atoms with Crippen LogP contribution in [-0.4, -0.2) is 34.7 Å². The van der Waals surface area contributed by atoms with Crippen molar-refractivity contribution in [2.45, 2.75) is 77.5 Å². The van der Waals surface area contributed by atoms with Crippen LogP contribution in [0.1, 0.15) is 59.3 Å². The highest BCUT2D eigenvalue weighted by atomic mass is 16.3. The van der Waals surface area contributed by atoms with Crippen LogP contribution in [0.2, 0.25) is 0 Å². The van der Waals surface area contributed by atoms with Crippen molar-refractivity contribution >= 4 is 0 Å². The van der Waals surface area contributed by atoms with Crippen molar-refractivity contribution < 1.29 is 5.11 Å². The van der Waals surface area contributed by atoms with E-state index in [1.807, 2.05) is 0 Å². The van der Waals surface area contributed by atoms with Gasteiger partial charge in [-0.25, -0.2) is 0 Å². The summed E-state index contributed by atoms with van der Waals surface area (Å²) in [6, 6.07) is 1.08. The average Bonchev–Trinajstić information content (AvgIpc) is 2.23. The predicted molar refractivity (Wildman–Crippen MR) is 67.4 cm³/mol. The Balaban J connectivity index is 2.05. The van der Waals surface area contributed by atoms with Gasteiger partial charge in [0.1, 0.15) is 0 Å². The molecule has 1 aliphatic heterocycles. The molecule has 1 heterocycles. The van der Waals surface area contributed by atoms with E-state index in [4.69, 9.17) is 0 Å². The highest BCUT2D eigenvalue weighted by molar-refractivity contribution is 4.93. The van der Waals surface area contributed by atoms with Crippen LogP contribution in [0.5, 0.6) is 0 Å². The van der Waals surface area contributed by atoms with E-state index in [0.29, 0.717) is 17.5 Å². The number of aliphatic hydroxyl groups excluding tert-OH is 1. The molecule has 0 aromatic carbocycles. The lowest BCUT2D eigenvalue weighted by molar-refractivity contribution is -0.0409. The summed E-state index contributed by atoms with van der Waals surface area (Å²) in [5.74, 6) is 0. The second kappa shape index (κ2) is 4.66. The first-order valence-corrected chi connectivity index (χ1v) is 6.93. The van der Waals surface area contributed by atoms with Gasteiger partial charge in [-0.05, 0) is 51.0 Å². The molecular formula is C14H27NO. The molecule has 0 spiro atoms. The number of nitrogens with zero attached hydrogens (tertiary/aromatic N) is 1.